The second kappa shape index (κ2) is 53.7. The summed E-state index contributed by atoms with van der Waals surface area (Å²) in [5.74, 6) is -0.589. The molecule has 0 aromatic heterocycles. The molecule has 63 heavy (non-hydrogen) atoms. The molecule has 0 fully saturated rings. The first-order valence-corrected chi connectivity index (χ1v) is 27.0. The van der Waals surface area contributed by atoms with E-state index >= 15 is 0 Å². The molecule has 0 aliphatic heterocycles. The molecular weight excluding hydrogens is 777 g/mol. The molecule has 0 aliphatic rings. The number of allylic oxidation sites excluding steroid dienone is 12. The predicted octanol–water partition coefficient (Wildman–Crippen LogP) is 18.0. The summed E-state index contributed by atoms with van der Waals surface area (Å²) < 4.78 is 10.7. The number of hydrogen-bond acceptors (Lipinski definition) is 5. The van der Waals surface area contributed by atoms with Gasteiger partial charge in [-0.2, -0.15) is 0 Å². The zero-order valence-corrected chi connectivity index (χ0v) is 41.6. The second-order valence-corrected chi connectivity index (χ2v) is 17.9. The van der Waals surface area contributed by atoms with E-state index in [1.165, 1.54) is 167 Å². The van der Waals surface area contributed by atoms with Gasteiger partial charge in [-0.3, -0.25) is 9.59 Å². The van der Waals surface area contributed by atoms with E-state index in [2.05, 4.69) is 86.8 Å². The Kier molecular flexibility index (Phi) is 51.4. The average Bonchev–Trinajstić information content (AvgIpc) is 3.29. The van der Waals surface area contributed by atoms with E-state index in [0.717, 1.165) is 70.6 Å². The first-order valence-electron chi connectivity index (χ1n) is 27.0. The highest BCUT2D eigenvalue weighted by Gasteiger charge is 2.16. The monoisotopic (exact) mass is 879 g/mol. The number of carbonyl (C=O) groups is 2. The van der Waals surface area contributed by atoms with Crippen molar-refractivity contribution >= 4 is 11.9 Å². The van der Waals surface area contributed by atoms with Crippen LogP contribution in [0.1, 0.15) is 264 Å². The van der Waals surface area contributed by atoms with Gasteiger partial charge in [-0.05, 0) is 83.5 Å². The lowest BCUT2D eigenvalue weighted by Gasteiger charge is -2.15. The lowest BCUT2D eigenvalue weighted by Crippen LogP contribution is -2.28. The normalized spacial score (nSPS) is 12.7. The van der Waals surface area contributed by atoms with E-state index in [-0.39, 0.29) is 25.2 Å². The highest BCUT2D eigenvalue weighted by molar-refractivity contribution is 5.70. The zero-order chi connectivity index (χ0) is 45.6. The molecule has 0 saturated heterocycles. The van der Waals surface area contributed by atoms with Crippen molar-refractivity contribution in [3.8, 4) is 0 Å². The first kappa shape index (κ1) is 60.3. The minimum Gasteiger partial charge on any atom is -0.462 e. The van der Waals surface area contributed by atoms with Crippen LogP contribution in [0.3, 0.4) is 0 Å². The SMILES string of the molecule is CC/C=C\C/C=C\C/C=C\C/C=C\C/C=C\CCCCCCCCCCCCCCCCCC(=O)OC(CO)COC(=O)CCCCCCCCC/C=C\CCCCCCCCC. The van der Waals surface area contributed by atoms with Crippen LogP contribution < -0.4 is 0 Å². The van der Waals surface area contributed by atoms with E-state index in [1.807, 2.05) is 0 Å². The van der Waals surface area contributed by atoms with Crippen molar-refractivity contribution < 1.29 is 24.2 Å². The Morgan fingerprint density at radius 1 is 0.381 bits per heavy atom. The van der Waals surface area contributed by atoms with Gasteiger partial charge in [0.25, 0.3) is 0 Å². The Balaban J connectivity index is 3.48. The number of aliphatic hydroxyl groups excluding tert-OH is 1. The van der Waals surface area contributed by atoms with Crippen molar-refractivity contribution in [3.05, 3.63) is 72.9 Å². The summed E-state index contributed by atoms with van der Waals surface area (Å²) in [6.07, 6.45) is 72.9. The molecule has 0 rings (SSSR count). The summed E-state index contributed by atoms with van der Waals surface area (Å²) >= 11 is 0. The van der Waals surface area contributed by atoms with Gasteiger partial charge < -0.3 is 14.6 Å². The van der Waals surface area contributed by atoms with Crippen LogP contribution in [0, 0.1) is 0 Å². The van der Waals surface area contributed by atoms with Crippen molar-refractivity contribution in [1.29, 1.82) is 0 Å². The van der Waals surface area contributed by atoms with E-state index in [1.54, 1.807) is 0 Å². The van der Waals surface area contributed by atoms with Crippen molar-refractivity contribution in [2.24, 2.45) is 0 Å². The van der Waals surface area contributed by atoms with Gasteiger partial charge in [0.2, 0.25) is 0 Å². The van der Waals surface area contributed by atoms with Crippen molar-refractivity contribution in [3.63, 3.8) is 0 Å². The van der Waals surface area contributed by atoms with E-state index < -0.39 is 6.10 Å². The fraction of sp³-hybridized carbons (Fsp3) is 0.759. The number of aliphatic hydroxyl groups is 1. The molecule has 0 heterocycles. The number of esters is 2. The molecule has 1 atom stereocenters. The molecule has 0 aromatic rings. The molecule has 1 N–H and O–H groups in total. The van der Waals surface area contributed by atoms with Crippen LogP contribution >= 0.6 is 0 Å². The predicted molar refractivity (Wildman–Crippen MR) is 274 cm³/mol. The molecule has 0 amide bonds. The first-order chi connectivity index (χ1) is 31.1. The molecule has 0 radical (unpaired) electrons. The van der Waals surface area contributed by atoms with Gasteiger partial charge in [-0.1, -0.05) is 241 Å². The molecule has 1 unspecified atom stereocenters. The Bertz CT molecular complexity index is 1130. The van der Waals surface area contributed by atoms with Crippen LogP contribution in [-0.4, -0.2) is 36.4 Å². The van der Waals surface area contributed by atoms with E-state index in [0.29, 0.717) is 12.8 Å². The summed E-state index contributed by atoms with van der Waals surface area (Å²) in [4.78, 5) is 24.5. The van der Waals surface area contributed by atoms with Crippen LogP contribution in [0.15, 0.2) is 72.9 Å². The Labute approximate surface area is 391 Å². The molecule has 0 aliphatic carbocycles. The Hall–Kier alpha value is -2.66. The average molecular weight is 879 g/mol. The van der Waals surface area contributed by atoms with Gasteiger partial charge >= 0.3 is 11.9 Å². The number of carbonyl (C=O) groups excluding carboxylic acids is 2. The lowest BCUT2D eigenvalue weighted by molar-refractivity contribution is -0.161. The number of hydrogen-bond donors (Lipinski definition) is 1. The topological polar surface area (TPSA) is 72.8 Å². The fourth-order valence-corrected chi connectivity index (χ4v) is 7.70. The highest BCUT2D eigenvalue weighted by atomic mass is 16.6. The number of ether oxygens (including phenoxy) is 2. The maximum Gasteiger partial charge on any atom is 0.306 e. The Morgan fingerprint density at radius 3 is 1.05 bits per heavy atom. The molecule has 0 bridgehead atoms. The minimum atomic E-state index is -0.776. The van der Waals surface area contributed by atoms with Gasteiger partial charge in [0.05, 0.1) is 6.61 Å². The van der Waals surface area contributed by atoms with Gasteiger partial charge in [-0.15, -0.1) is 0 Å². The summed E-state index contributed by atoms with van der Waals surface area (Å²) in [5.41, 5.74) is 0. The summed E-state index contributed by atoms with van der Waals surface area (Å²) in [7, 11) is 0. The highest BCUT2D eigenvalue weighted by Crippen LogP contribution is 2.16. The van der Waals surface area contributed by atoms with Crippen LogP contribution in [0.2, 0.25) is 0 Å². The quantitative estimate of drug-likeness (QED) is 0.0374. The van der Waals surface area contributed by atoms with Crippen LogP contribution in [0.5, 0.6) is 0 Å². The summed E-state index contributed by atoms with van der Waals surface area (Å²) in [6.45, 7) is 4.04. The second-order valence-electron chi connectivity index (χ2n) is 17.9. The maximum atomic E-state index is 12.3. The third kappa shape index (κ3) is 51.9. The van der Waals surface area contributed by atoms with E-state index in [9.17, 15) is 14.7 Å². The molecular formula is C58H102O5. The molecule has 0 aromatic carbocycles. The molecule has 364 valence electrons. The smallest absolute Gasteiger partial charge is 0.306 e. The summed E-state index contributed by atoms with van der Waals surface area (Å²) in [6, 6.07) is 0. The fourth-order valence-electron chi connectivity index (χ4n) is 7.70. The molecule has 0 spiro atoms. The van der Waals surface area contributed by atoms with Crippen molar-refractivity contribution in [2.75, 3.05) is 13.2 Å². The molecule has 0 saturated carbocycles. The summed E-state index contributed by atoms with van der Waals surface area (Å²) in [5, 5.41) is 9.64. The van der Waals surface area contributed by atoms with Crippen LogP contribution in [0.25, 0.3) is 0 Å². The minimum absolute atomic E-state index is 0.0679. The van der Waals surface area contributed by atoms with Crippen LogP contribution in [-0.2, 0) is 19.1 Å². The number of rotatable bonds is 49. The van der Waals surface area contributed by atoms with Gasteiger partial charge in [-0.25, -0.2) is 0 Å². The largest absolute Gasteiger partial charge is 0.462 e. The Morgan fingerprint density at radius 2 is 0.683 bits per heavy atom. The van der Waals surface area contributed by atoms with Gasteiger partial charge in [0, 0.05) is 12.8 Å². The third-order valence-corrected chi connectivity index (χ3v) is 11.7. The van der Waals surface area contributed by atoms with Gasteiger partial charge in [0.1, 0.15) is 6.61 Å². The molecule has 5 nitrogen and oxygen atoms in total. The lowest BCUT2D eigenvalue weighted by atomic mass is 10.0. The van der Waals surface area contributed by atoms with E-state index in [4.69, 9.17) is 9.47 Å². The third-order valence-electron chi connectivity index (χ3n) is 11.7. The van der Waals surface area contributed by atoms with Crippen molar-refractivity contribution in [1.82, 2.24) is 0 Å². The maximum absolute atomic E-state index is 12.3. The zero-order valence-electron chi connectivity index (χ0n) is 41.6. The van der Waals surface area contributed by atoms with Crippen molar-refractivity contribution in [2.45, 2.75) is 270 Å². The van der Waals surface area contributed by atoms with Gasteiger partial charge in [0.15, 0.2) is 6.10 Å². The molecule has 5 heteroatoms. The standard InChI is InChI=1S/C58H102O5/c1-3-5-7-9-11-13-15-17-19-21-23-24-25-26-27-28-29-30-31-32-33-34-35-37-39-41-43-45-47-49-51-53-58(61)63-56(54-59)55-62-57(60)52-50-48-46-44-42-40-38-36-22-20-18-16-14-12-10-8-6-4-2/h5,7,11,13,17,19-20,22-24,26-27,56,59H,3-4,6,8-10,12,14-16,18,21,25,28-55H2,1-2H3/b7-5-,13-11-,19-17-,22-20-,24-23-,27-26-. The number of unbranched alkanes of at least 4 members (excludes halogenated alkanes) is 29. The van der Waals surface area contributed by atoms with Crippen LogP contribution in [0.4, 0.5) is 0 Å².